The number of anilines is 2. The predicted octanol–water partition coefficient (Wildman–Crippen LogP) is 4.25. The molecule has 0 aliphatic heterocycles. The largest absolute Gasteiger partial charge is 0.494 e. The molecule has 3 N–H and O–H groups in total. The van der Waals surface area contributed by atoms with E-state index in [1.165, 1.54) is 0 Å². The number of ether oxygens (including phenoxy) is 1. The average molecular weight is 312 g/mol. The minimum atomic E-state index is -0.172. The van der Waals surface area contributed by atoms with Crippen molar-refractivity contribution in [1.82, 2.24) is 0 Å². The fourth-order valence-electron chi connectivity index (χ4n) is 2.16. The molecule has 0 aromatic heterocycles. The lowest BCUT2D eigenvalue weighted by Crippen LogP contribution is -2.14. The van der Waals surface area contributed by atoms with Crippen LogP contribution in [-0.4, -0.2) is 12.5 Å². The van der Waals surface area contributed by atoms with Gasteiger partial charge in [0.05, 0.1) is 6.61 Å². The summed E-state index contributed by atoms with van der Waals surface area (Å²) in [5.41, 5.74) is 8.51. The second-order valence-electron chi connectivity index (χ2n) is 6.09. The van der Waals surface area contributed by atoms with Gasteiger partial charge in [-0.1, -0.05) is 26.0 Å². The summed E-state index contributed by atoms with van der Waals surface area (Å²) in [7, 11) is 0. The third kappa shape index (κ3) is 5.02. The van der Waals surface area contributed by atoms with Gasteiger partial charge in [-0.3, -0.25) is 4.79 Å². The molecule has 2 aromatic rings. The van der Waals surface area contributed by atoms with Crippen LogP contribution in [0.15, 0.2) is 42.5 Å². The van der Waals surface area contributed by atoms with E-state index < -0.39 is 0 Å². The SMILES string of the molecule is Cc1ccc(N)cc1C(=O)Nc1cccc(OCCC(C)C)c1. The summed E-state index contributed by atoms with van der Waals surface area (Å²) in [5.74, 6) is 1.19. The van der Waals surface area contributed by atoms with E-state index in [0.717, 1.165) is 17.7 Å². The lowest BCUT2D eigenvalue weighted by Gasteiger charge is -2.11. The van der Waals surface area contributed by atoms with Crippen LogP contribution in [0.5, 0.6) is 5.75 Å². The molecule has 0 saturated carbocycles. The molecule has 0 atom stereocenters. The molecule has 0 aliphatic rings. The molecule has 0 saturated heterocycles. The third-order valence-corrected chi connectivity index (χ3v) is 3.56. The molecule has 0 radical (unpaired) electrons. The van der Waals surface area contributed by atoms with E-state index in [2.05, 4.69) is 19.2 Å². The highest BCUT2D eigenvalue weighted by Gasteiger charge is 2.10. The van der Waals surface area contributed by atoms with Gasteiger partial charge in [0.15, 0.2) is 0 Å². The van der Waals surface area contributed by atoms with E-state index >= 15 is 0 Å². The molecule has 2 rings (SSSR count). The standard InChI is InChI=1S/C19H24N2O2/c1-13(2)9-10-23-17-6-4-5-16(12-17)21-19(22)18-11-15(20)8-7-14(18)3/h4-8,11-13H,9-10,20H2,1-3H3,(H,21,22). The first-order valence-electron chi connectivity index (χ1n) is 7.86. The number of amides is 1. The first kappa shape index (κ1) is 16.9. The Morgan fingerprint density at radius 3 is 2.74 bits per heavy atom. The van der Waals surface area contributed by atoms with Crippen molar-refractivity contribution in [2.75, 3.05) is 17.7 Å². The van der Waals surface area contributed by atoms with Gasteiger partial charge >= 0.3 is 0 Å². The van der Waals surface area contributed by atoms with Crippen LogP contribution in [0.25, 0.3) is 0 Å². The second kappa shape index (κ2) is 7.68. The first-order chi connectivity index (χ1) is 11.0. The van der Waals surface area contributed by atoms with Crippen LogP contribution in [0.1, 0.15) is 36.2 Å². The molecule has 2 aromatic carbocycles. The van der Waals surface area contributed by atoms with E-state index in [0.29, 0.717) is 29.5 Å². The van der Waals surface area contributed by atoms with Crippen LogP contribution in [0.2, 0.25) is 0 Å². The Balaban J connectivity index is 2.05. The molecule has 4 heteroatoms. The van der Waals surface area contributed by atoms with E-state index in [4.69, 9.17) is 10.5 Å². The minimum absolute atomic E-state index is 0.172. The average Bonchev–Trinajstić information content (AvgIpc) is 2.49. The number of hydrogen-bond donors (Lipinski definition) is 2. The van der Waals surface area contributed by atoms with Crippen LogP contribution >= 0.6 is 0 Å². The molecular weight excluding hydrogens is 288 g/mol. The van der Waals surface area contributed by atoms with Crippen molar-refractivity contribution in [1.29, 1.82) is 0 Å². The van der Waals surface area contributed by atoms with Crippen LogP contribution in [-0.2, 0) is 0 Å². The highest BCUT2D eigenvalue weighted by atomic mass is 16.5. The van der Waals surface area contributed by atoms with Gasteiger partial charge in [-0.2, -0.15) is 0 Å². The van der Waals surface area contributed by atoms with Crippen molar-refractivity contribution in [2.24, 2.45) is 5.92 Å². The number of nitrogens with one attached hydrogen (secondary N) is 1. The van der Waals surface area contributed by atoms with Gasteiger partial charge in [-0.25, -0.2) is 0 Å². The zero-order valence-corrected chi connectivity index (χ0v) is 13.9. The van der Waals surface area contributed by atoms with Crippen molar-refractivity contribution >= 4 is 17.3 Å². The van der Waals surface area contributed by atoms with E-state index in [-0.39, 0.29) is 5.91 Å². The number of carbonyl (C=O) groups is 1. The summed E-state index contributed by atoms with van der Waals surface area (Å²) in [4.78, 5) is 12.4. The Morgan fingerprint density at radius 1 is 1.22 bits per heavy atom. The number of benzene rings is 2. The summed E-state index contributed by atoms with van der Waals surface area (Å²) in [6.45, 7) is 6.88. The van der Waals surface area contributed by atoms with Crippen LogP contribution < -0.4 is 15.8 Å². The molecule has 0 bridgehead atoms. The first-order valence-corrected chi connectivity index (χ1v) is 7.86. The molecule has 1 amide bonds. The monoisotopic (exact) mass is 312 g/mol. The zero-order chi connectivity index (χ0) is 16.8. The van der Waals surface area contributed by atoms with Gasteiger partial charge in [0.1, 0.15) is 5.75 Å². The highest BCUT2D eigenvalue weighted by molar-refractivity contribution is 6.05. The maximum absolute atomic E-state index is 12.4. The summed E-state index contributed by atoms with van der Waals surface area (Å²) in [5, 5.41) is 2.89. The normalized spacial score (nSPS) is 10.6. The summed E-state index contributed by atoms with van der Waals surface area (Å²) in [6, 6.07) is 12.8. The maximum atomic E-state index is 12.4. The number of hydrogen-bond acceptors (Lipinski definition) is 3. The van der Waals surface area contributed by atoms with Gasteiger partial charge in [0.2, 0.25) is 0 Å². The molecule has 0 spiro atoms. The fraction of sp³-hybridized carbons (Fsp3) is 0.316. The Labute approximate surface area is 137 Å². The van der Waals surface area contributed by atoms with E-state index in [1.54, 1.807) is 12.1 Å². The summed E-state index contributed by atoms with van der Waals surface area (Å²) in [6.07, 6.45) is 0.999. The maximum Gasteiger partial charge on any atom is 0.256 e. The van der Waals surface area contributed by atoms with Crippen molar-refractivity contribution < 1.29 is 9.53 Å². The fourth-order valence-corrected chi connectivity index (χ4v) is 2.16. The smallest absolute Gasteiger partial charge is 0.256 e. The molecule has 0 fully saturated rings. The molecule has 0 unspecified atom stereocenters. The number of aryl methyl sites for hydroxylation is 1. The predicted molar refractivity (Wildman–Crippen MR) is 94.9 cm³/mol. The molecule has 4 nitrogen and oxygen atoms in total. The van der Waals surface area contributed by atoms with Crippen molar-refractivity contribution in [2.45, 2.75) is 27.2 Å². The lowest BCUT2D eigenvalue weighted by atomic mass is 10.1. The van der Waals surface area contributed by atoms with Crippen LogP contribution in [0.4, 0.5) is 11.4 Å². The number of nitrogens with two attached hydrogens (primary N) is 1. The quantitative estimate of drug-likeness (QED) is 0.784. The molecular formula is C19H24N2O2. The molecule has 0 heterocycles. The van der Waals surface area contributed by atoms with Crippen LogP contribution in [0, 0.1) is 12.8 Å². The van der Waals surface area contributed by atoms with Gasteiger partial charge in [-0.05, 0) is 49.1 Å². The third-order valence-electron chi connectivity index (χ3n) is 3.56. The Morgan fingerprint density at radius 2 is 2.00 bits per heavy atom. The van der Waals surface area contributed by atoms with Crippen molar-refractivity contribution in [3.05, 3.63) is 53.6 Å². The molecule has 122 valence electrons. The topological polar surface area (TPSA) is 64.4 Å². The van der Waals surface area contributed by atoms with E-state index in [1.807, 2.05) is 37.3 Å². The van der Waals surface area contributed by atoms with Crippen molar-refractivity contribution in [3.63, 3.8) is 0 Å². The van der Waals surface area contributed by atoms with Crippen molar-refractivity contribution in [3.8, 4) is 5.75 Å². The highest BCUT2D eigenvalue weighted by Crippen LogP contribution is 2.20. The van der Waals surface area contributed by atoms with E-state index in [9.17, 15) is 4.79 Å². The molecule has 0 aliphatic carbocycles. The van der Waals surface area contributed by atoms with Gasteiger partial charge in [-0.15, -0.1) is 0 Å². The Bertz CT molecular complexity index is 681. The summed E-state index contributed by atoms with van der Waals surface area (Å²) >= 11 is 0. The summed E-state index contributed by atoms with van der Waals surface area (Å²) < 4.78 is 5.72. The van der Waals surface area contributed by atoms with Gasteiger partial charge in [0, 0.05) is 23.0 Å². The number of carbonyl (C=O) groups excluding carboxylic acids is 1. The van der Waals surface area contributed by atoms with Crippen LogP contribution in [0.3, 0.4) is 0 Å². The Kier molecular flexibility index (Phi) is 5.63. The minimum Gasteiger partial charge on any atom is -0.494 e. The molecule has 23 heavy (non-hydrogen) atoms. The second-order valence-corrected chi connectivity index (χ2v) is 6.09. The lowest BCUT2D eigenvalue weighted by molar-refractivity contribution is 0.102. The van der Waals surface area contributed by atoms with Gasteiger partial charge in [0.25, 0.3) is 5.91 Å². The number of rotatable bonds is 6. The number of nitrogen functional groups attached to an aromatic ring is 1. The van der Waals surface area contributed by atoms with Gasteiger partial charge < -0.3 is 15.8 Å². The zero-order valence-electron chi connectivity index (χ0n) is 13.9. The Hall–Kier alpha value is -2.49.